The van der Waals surface area contributed by atoms with Gasteiger partial charge in [0.15, 0.2) is 0 Å². The first-order chi connectivity index (χ1) is 9.71. The van der Waals surface area contributed by atoms with Crippen LogP contribution < -0.4 is 10.6 Å². The van der Waals surface area contributed by atoms with Gasteiger partial charge >= 0.3 is 6.18 Å². The molecule has 0 unspecified atom stereocenters. The zero-order chi connectivity index (χ0) is 15.7. The number of alkyl halides is 3. The summed E-state index contributed by atoms with van der Waals surface area (Å²) in [5.41, 5.74) is -1.38. The highest BCUT2D eigenvalue weighted by atomic mass is 35.5. The molecule has 1 aliphatic rings. The molecule has 0 saturated carbocycles. The minimum Gasteiger partial charge on any atom is -0.326 e. The summed E-state index contributed by atoms with van der Waals surface area (Å²) in [6.07, 6.45) is -3.21. The topological polar surface area (TPSA) is 41.1 Å². The Balaban J connectivity index is 2.19. The van der Waals surface area contributed by atoms with Crippen molar-refractivity contribution in [3.8, 4) is 0 Å². The Hall–Kier alpha value is -1.27. The lowest BCUT2D eigenvalue weighted by Gasteiger charge is -2.32. The third-order valence-electron chi connectivity index (χ3n) is 3.74. The van der Waals surface area contributed by atoms with Crippen molar-refractivity contribution < 1.29 is 18.0 Å². The number of anilines is 1. The van der Waals surface area contributed by atoms with Gasteiger partial charge in [-0.2, -0.15) is 13.2 Å². The van der Waals surface area contributed by atoms with Crippen molar-refractivity contribution in [1.29, 1.82) is 0 Å². The molecule has 1 amide bonds. The average Bonchev–Trinajstić information content (AvgIpc) is 2.37. The highest BCUT2D eigenvalue weighted by molar-refractivity contribution is 6.31. The van der Waals surface area contributed by atoms with E-state index in [4.69, 9.17) is 11.6 Å². The number of benzene rings is 1. The van der Waals surface area contributed by atoms with Crippen LogP contribution in [0.5, 0.6) is 0 Å². The number of rotatable bonds is 2. The molecule has 0 spiro atoms. The Morgan fingerprint density at radius 1 is 1.29 bits per heavy atom. The molecule has 0 aromatic heterocycles. The lowest BCUT2D eigenvalue weighted by atomic mass is 9.80. The van der Waals surface area contributed by atoms with Crippen molar-refractivity contribution in [2.75, 3.05) is 18.4 Å². The van der Waals surface area contributed by atoms with E-state index in [1.807, 2.05) is 6.92 Å². The fourth-order valence-electron chi connectivity index (χ4n) is 2.31. The Morgan fingerprint density at radius 2 is 1.90 bits per heavy atom. The van der Waals surface area contributed by atoms with E-state index in [-0.39, 0.29) is 16.6 Å². The Bertz CT molecular complexity index is 540. The minimum atomic E-state index is -4.50. The van der Waals surface area contributed by atoms with E-state index in [2.05, 4.69) is 10.6 Å². The highest BCUT2D eigenvalue weighted by Gasteiger charge is 2.35. The molecule has 116 valence electrons. The van der Waals surface area contributed by atoms with Crippen molar-refractivity contribution >= 4 is 23.2 Å². The normalized spacial score (nSPS) is 18.3. The van der Waals surface area contributed by atoms with Gasteiger partial charge in [0.05, 0.1) is 5.56 Å². The van der Waals surface area contributed by atoms with E-state index < -0.39 is 17.2 Å². The molecule has 0 bridgehead atoms. The van der Waals surface area contributed by atoms with Crippen LogP contribution in [-0.2, 0) is 11.0 Å². The van der Waals surface area contributed by atoms with Crippen LogP contribution in [0, 0.1) is 5.41 Å². The van der Waals surface area contributed by atoms with E-state index in [1.54, 1.807) is 0 Å². The Kier molecular flexibility index (Phi) is 4.49. The summed E-state index contributed by atoms with van der Waals surface area (Å²) in [6, 6.07) is 3.05. The predicted octanol–water partition coefficient (Wildman–Crippen LogP) is 3.69. The second-order valence-corrected chi connectivity index (χ2v) is 5.93. The minimum absolute atomic E-state index is 0.0596. The molecule has 3 nitrogen and oxygen atoms in total. The fourth-order valence-corrected chi connectivity index (χ4v) is 2.55. The van der Waals surface area contributed by atoms with Gasteiger partial charge in [-0.15, -0.1) is 0 Å². The first kappa shape index (κ1) is 16.1. The molecule has 1 saturated heterocycles. The third-order valence-corrected chi connectivity index (χ3v) is 3.96. The number of hydrogen-bond donors (Lipinski definition) is 2. The molecular formula is C14H16ClF3N2O. The Morgan fingerprint density at radius 3 is 2.48 bits per heavy atom. The van der Waals surface area contributed by atoms with E-state index in [1.165, 1.54) is 6.07 Å². The third kappa shape index (κ3) is 3.89. The summed E-state index contributed by atoms with van der Waals surface area (Å²) in [5, 5.41) is 5.64. The molecule has 0 aliphatic carbocycles. The second kappa shape index (κ2) is 5.85. The number of carbonyl (C=O) groups is 1. The molecule has 7 heteroatoms. The molecule has 2 rings (SSSR count). The summed E-state index contributed by atoms with van der Waals surface area (Å²) in [7, 11) is 0. The number of piperidine rings is 1. The SMILES string of the molecule is CC1(C(=O)Nc2cc(Cl)cc(C(F)(F)F)c2)CCNCC1. The van der Waals surface area contributed by atoms with E-state index in [0.717, 1.165) is 12.1 Å². The first-order valence-electron chi connectivity index (χ1n) is 6.61. The molecule has 1 aromatic carbocycles. The predicted molar refractivity (Wildman–Crippen MR) is 75.3 cm³/mol. The van der Waals surface area contributed by atoms with Crippen LogP contribution >= 0.6 is 11.6 Å². The number of halogens is 4. The summed E-state index contributed by atoms with van der Waals surface area (Å²) in [4.78, 5) is 12.3. The summed E-state index contributed by atoms with van der Waals surface area (Å²) < 4.78 is 38.2. The van der Waals surface area contributed by atoms with E-state index >= 15 is 0 Å². The molecule has 2 N–H and O–H groups in total. The number of nitrogens with one attached hydrogen (secondary N) is 2. The van der Waals surface area contributed by atoms with Crippen molar-refractivity contribution in [2.45, 2.75) is 25.9 Å². The van der Waals surface area contributed by atoms with Crippen molar-refractivity contribution in [1.82, 2.24) is 5.32 Å². The summed E-state index contributed by atoms with van der Waals surface area (Å²) >= 11 is 5.70. The van der Waals surface area contributed by atoms with Gasteiger partial charge in [-0.3, -0.25) is 4.79 Å². The smallest absolute Gasteiger partial charge is 0.326 e. The van der Waals surface area contributed by atoms with Gasteiger partial charge in [0.25, 0.3) is 0 Å². The maximum absolute atomic E-state index is 12.7. The van der Waals surface area contributed by atoms with Gasteiger partial charge in [0.2, 0.25) is 5.91 Å². The van der Waals surface area contributed by atoms with Crippen LogP contribution in [0.1, 0.15) is 25.3 Å². The zero-order valence-corrected chi connectivity index (χ0v) is 12.2. The summed E-state index contributed by atoms with van der Waals surface area (Å²) in [6.45, 7) is 3.25. The lowest BCUT2D eigenvalue weighted by Crippen LogP contribution is -2.42. The van der Waals surface area contributed by atoms with Crippen LogP contribution in [0.4, 0.5) is 18.9 Å². The molecule has 1 heterocycles. The zero-order valence-electron chi connectivity index (χ0n) is 11.5. The maximum Gasteiger partial charge on any atom is 0.416 e. The lowest BCUT2D eigenvalue weighted by molar-refractivity contribution is -0.137. The van der Waals surface area contributed by atoms with Gasteiger partial charge in [-0.25, -0.2) is 0 Å². The maximum atomic E-state index is 12.7. The van der Waals surface area contributed by atoms with Gasteiger partial charge in [-0.05, 0) is 44.1 Å². The second-order valence-electron chi connectivity index (χ2n) is 5.49. The molecule has 21 heavy (non-hydrogen) atoms. The van der Waals surface area contributed by atoms with Crippen molar-refractivity contribution in [3.63, 3.8) is 0 Å². The molecular weight excluding hydrogens is 305 g/mol. The quantitative estimate of drug-likeness (QED) is 0.872. The van der Waals surface area contributed by atoms with Crippen molar-refractivity contribution in [2.24, 2.45) is 5.41 Å². The average molecular weight is 321 g/mol. The Labute approximate surface area is 125 Å². The standard InChI is InChI=1S/C14H16ClF3N2O/c1-13(2-4-19-5-3-13)12(21)20-11-7-9(14(16,17)18)6-10(15)8-11/h6-8,19H,2-5H2,1H3,(H,20,21). The molecule has 0 radical (unpaired) electrons. The number of amides is 1. The van der Waals surface area contributed by atoms with Crippen LogP contribution in [-0.4, -0.2) is 19.0 Å². The van der Waals surface area contributed by atoms with Crippen LogP contribution in [0.2, 0.25) is 5.02 Å². The fraction of sp³-hybridized carbons (Fsp3) is 0.500. The molecule has 0 atom stereocenters. The van der Waals surface area contributed by atoms with Crippen molar-refractivity contribution in [3.05, 3.63) is 28.8 Å². The first-order valence-corrected chi connectivity index (χ1v) is 6.98. The summed E-state index contributed by atoms with van der Waals surface area (Å²) in [5.74, 6) is -0.278. The largest absolute Gasteiger partial charge is 0.416 e. The van der Waals surface area contributed by atoms with Gasteiger partial charge < -0.3 is 10.6 Å². The van der Waals surface area contributed by atoms with E-state index in [9.17, 15) is 18.0 Å². The number of carbonyl (C=O) groups excluding carboxylic acids is 1. The monoisotopic (exact) mass is 320 g/mol. The number of hydrogen-bond acceptors (Lipinski definition) is 2. The van der Waals surface area contributed by atoms with Gasteiger partial charge in [-0.1, -0.05) is 18.5 Å². The van der Waals surface area contributed by atoms with Crippen LogP contribution in [0.25, 0.3) is 0 Å². The van der Waals surface area contributed by atoms with Gasteiger partial charge in [0.1, 0.15) is 0 Å². The molecule has 1 aliphatic heterocycles. The highest BCUT2D eigenvalue weighted by Crippen LogP contribution is 2.34. The van der Waals surface area contributed by atoms with Crippen LogP contribution in [0.3, 0.4) is 0 Å². The molecule has 1 aromatic rings. The molecule has 1 fully saturated rings. The van der Waals surface area contributed by atoms with Crippen LogP contribution in [0.15, 0.2) is 18.2 Å². The van der Waals surface area contributed by atoms with E-state index in [0.29, 0.717) is 25.9 Å². The van der Waals surface area contributed by atoms with Gasteiger partial charge in [0, 0.05) is 16.1 Å².